The van der Waals surface area contributed by atoms with Crippen molar-refractivity contribution < 1.29 is 14.7 Å². The molecule has 0 aromatic rings. The first kappa shape index (κ1) is 12.4. The molecule has 0 saturated carbocycles. The molecule has 0 radical (unpaired) electrons. The molecule has 0 saturated heterocycles. The van der Waals surface area contributed by atoms with E-state index in [4.69, 9.17) is 15.6 Å². The molecule has 1 unspecified atom stereocenters. The number of carbonyl (C=O) groups is 2. The molecule has 0 spiro atoms. The number of carbonyl (C=O) groups excluding carboxylic acids is 1. The fourth-order valence-electron chi connectivity index (χ4n) is 0.175. The van der Waals surface area contributed by atoms with Crippen molar-refractivity contribution >= 4 is 12.0 Å². The summed E-state index contributed by atoms with van der Waals surface area (Å²) >= 11 is 0. The second-order valence-electron chi connectivity index (χ2n) is 1.76. The van der Waals surface area contributed by atoms with Gasteiger partial charge in [0.25, 0.3) is 0 Å². The normalized spacial score (nSPS) is 10.7. The van der Waals surface area contributed by atoms with Crippen molar-refractivity contribution in [3.8, 4) is 0 Å². The Morgan fingerprint density at radius 1 is 1.45 bits per heavy atom. The minimum Gasteiger partial charge on any atom is -0.480 e. The SMILES string of the molecule is CCC(N)C(=O)O.NC(N)=O. The number of hydrogen-bond acceptors (Lipinski definition) is 3. The maximum atomic E-state index is 9.81. The monoisotopic (exact) mass is 163 g/mol. The zero-order valence-electron chi connectivity index (χ0n) is 6.28. The van der Waals surface area contributed by atoms with Gasteiger partial charge in [-0.3, -0.25) is 4.79 Å². The fourth-order valence-corrected chi connectivity index (χ4v) is 0.175. The van der Waals surface area contributed by atoms with E-state index in [1.54, 1.807) is 6.92 Å². The average Bonchev–Trinajstić information content (AvgIpc) is 1.85. The van der Waals surface area contributed by atoms with Gasteiger partial charge in [-0.25, -0.2) is 4.79 Å². The second-order valence-corrected chi connectivity index (χ2v) is 1.76. The molecule has 0 aliphatic heterocycles. The molecule has 7 N–H and O–H groups in total. The molecular weight excluding hydrogens is 150 g/mol. The third-order valence-corrected chi connectivity index (χ3v) is 0.757. The van der Waals surface area contributed by atoms with Crippen LogP contribution in [0.15, 0.2) is 0 Å². The van der Waals surface area contributed by atoms with Crippen molar-refractivity contribution in [2.45, 2.75) is 19.4 Å². The van der Waals surface area contributed by atoms with Crippen LogP contribution in [0.5, 0.6) is 0 Å². The summed E-state index contributed by atoms with van der Waals surface area (Å²) in [6.07, 6.45) is 0.495. The summed E-state index contributed by atoms with van der Waals surface area (Å²) in [5.74, 6) is -0.928. The molecule has 2 amide bonds. The van der Waals surface area contributed by atoms with Crippen molar-refractivity contribution in [3.63, 3.8) is 0 Å². The summed E-state index contributed by atoms with van der Waals surface area (Å²) in [6, 6.07) is -1.51. The fraction of sp³-hybridized carbons (Fsp3) is 0.600. The van der Waals surface area contributed by atoms with Gasteiger partial charge in [-0.2, -0.15) is 0 Å². The molecule has 6 nitrogen and oxygen atoms in total. The van der Waals surface area contributed by atoms with Gasteiger partial charge in [0, 0.05) is 0 Å². The highest BCUT2D eigenvalue weighted by Crippen LogP contribution is 1.82. The summed E-state index contributed by atoms with van der Waals surface area (Å²) in [4.78, 5) is 18.8. The van der Waals surface area contributed by atoms with Gasteiger partial charge in [0.05, 0.1) is 0 Å². The lowest BCUT2D eigenvalue weighted by Gasteiger charge is -1.97. The number of primary amides is 2. The van der Waals surface area contributed by atoms with E-state index in [0.717, 1.165) is 0 Å². The van der Waals surface area contributed by atoms with E-state index >= 15 is 0 Å². The number of urea groups is 1. The molecule has 0 aliphatic carbocycles. The van der Waals surface area contributed by atoms with E-state index in [1.807, 2.05) is 0 Å². The third kappa shape index (κ3) is 17.7. The van der Waals surface area contributed by atoms with E-state index in [2.05, 4.69) is 11.5 Å². The van der Waals surface area contributed by atoms with Crippen molar-refractivity contribution in [2.24, 2.45) is 17.2 Å². The lowest BCUT2D eigenvalue weighted by Crippen LogP contribution is -2.28. The second kappa shape index (κ2) is 6.81. The summed E-state index contributed by atoms with van der Waals surface area (Å²) in [5.41, 5.74) is 13.5. The predicted molar refractivity (Wildman–Crippen MR) is 39.7 cm³/mol. The van der Waals surface area contributed by atoms with Crippen LogP contribution in [0.4, 0.5) is 4.79 Å². The number of aliphatic carboxylic acids is 1. The Hall–Kier alpha value is -1.30. The van der Waals surface area contributed by atoms with Gasteiger partial charge < -0.3 is 22.3 Å². The molecule has 0 aromatic heterocycles. The Kier molecular flexibility index (Phi) is 7.67. The smallest absolute Gasteiger partial charge is 0.320 e. The first-order valence-electron chi connectivity index (χ1n) is 2.95. The van der Waals surface area contributed by atoms with Crippen LogP contribution in [0.1, 0.15) is 13.3 Å². The van der Waals surface area contributed by atoms with Crippen LogP contribution in [0, 0.1) is 0 Å². The zero-order chi connectivity index (χ0) is 9.44. The largest absolute Gasteiger partial charge is 0.480 e. The highest BCUT2D eigenvalue weighted by atomic mass is 16.4. The Morgan fingerprint density at radius 2 is 1.73 bits per heavy atom. The summed E-state index contributed by atoms with van der Waals surface area (Å²) < 4.78 is 0. The lowest BCUT2D eigenvalue weighted by atomic mass is 10.2. The molecule has 0 aliphatic rings. The Bertz CT molecular complexity index is 133. The minimum absolute atomic E-state index is 0.495. The van der Waals surface area contributed by atoms with Crippen LogP contribution in [0.2, 0.25) is 0 Å². The van der Waals surface area contributed by atoms with Gasteiger partial charge in [-0.05, 0) is 6.42 Å². The summed E-state index contributed by atoms with van der Waals surface area (Å²) in [5, 5.41) is 8.06. The van der Waals surface area contributed by atoms with Crippen LogP contribution in [-0.4, -0.2) is 23.1 Å². The summed E-state index contributed by atoms with van der Waals surface area (Å²) in [6.45, 7) is 1.73. The van der Waals surface area contributed by atoms with Gasteiger partial charge >= 0.3 is 12.0 Å². The van der Waals surface area contributed by atoms with Crippen molar-refractivity contribution in [1.29, 1.82) is 0 Å². The molecule has 0 heterocycles. The molecular formula is C5H13N3O3. The number of nitrogens with two attached hydrogens (primary N) is 3. The van der Waals surface area contributed by atoms with Crippen molar-refractivity contribution in [2.75, 3.05) is 0 Å². The van der Waals surface area contributed by atoms with Crippen LogP contribution in [0.25, 0.3) is 0 Å². The van der Waals surface area contributed by atoms with E-state index in [-0.39, 0.29) is 0 Å². The van der Waals surface area contributed by atoms with Gasteiger partial charge in [0.2, 0.25) is 0 Å². The molecule has 0 aromatic carbocycles. The molecule has 6 heteroatoms. The van der Waals surface area contributed by atoms with E-state index in [1.165, 1.54) is 0 Å². The minimum atomic E-state index is -0.928. The maximum absolute atomic E-state index is 9.81. The topological polar surface area (TPSA) is 132 Å². The number of carboxylic acids is 1. The van der Waals surface area contributed by atoms with Gasteiger partial charge in [-0.1, -0.05) is 6.92 Å². The zero-order valence-corrected chi connectivity index (χ0v) is 6.28. The highest BCUT2D eigenvalue weighted by Gasteiger charge is 2.05. The van der Waals surface area contributed by atoms with Crippen molar-refractivity contribution in [3.05, 3.63) is 0 Å². The van der Waals surface area contributed by atoms with Gasteiger partial charge in [0.1, 0.15) is 6.04 Å². The average molecular weight is 163 g/mol. The quantitative estimate of drug-likeness (QED) is 0.408. The molecule has 0 bridgehead atoms. The van der Waals surface area contributed by atoms with Crippen molar-refractivity contribution in [1.82, 2.24) is 0 Å². The van der Waals surface area contributed by atoms with E-state index in [9.17, 15) is 4.79 Å². The number of carboxylic acid groups (broad SMARTS) is 1. The number of amides is 2. The molecule has 66 valence electrons. The van der Waals surface area contributed by atoms with Crippen LogP contribution in [0.3, 0.4) is 0 Å². The van der Waals surface area contributed by atoms with Gasteiger partial charge in [-0.15, -0.1) is 0 Å². The molecule has 0 rings (SSSR count). The first-order chi connectivity index (χ1) is 4.91. The number of hydrogen-bond donors (Lipinski definition) is 4. The lowest BCUT2D eigenvalue weighted by molar-refractivity contribution is -0.138. The van der Waals surface area contributed by atoms with Crippen LogP contribution >= 0.6 is 0 Å². The maximum Gasteiger partial charge on any atom is 0.320 e. The molecule has 1 atom stereocenters. The Balaban J connectivity index is 0. The molecule has 0 fully saturated rings. The highest BCUT2D eigenvalue weighted by molar-refractivity contribution is 5.72. The van der Waals surface area contributed by atoms with Crippen LogP contribution in [-0.2, 0) is 4.79 Å². The standard InChI is InChI=1S/C4H9NO2.CH4N2O/c1-2-3(5)4(6)7;2-1(3)4/h3H,2,5H2,1H3,(H,6,7);(H4,2,3,4). The Labute approximate surface area is 64.3 Å². The first-order valence-corrected chi connectivity index (χ1v) is 2.95. The predicted octanol–water partition coefficient (Wildman–Crippen LogP) is -1.17. The molecule has 11 heavy (non-hydrogen) atoms. The Morgan fingerprint density at radius 3 is 1.73 bits per heavy atom. The van der Waals surface area contributed by atoms with Crippen LogP contribution < -0.4 is 17.2 Å². The van der Waals surface area contributed by atoms with E-state index in [0.29, 0.717) is 6.42 Å². The third-order valence-electron chi connectivity index (χ3n) is 0.757. The number of rotatable bonds is 2. The van der Waals surface area contributed by atoms with Gasteiger partial charge in [0.15, 0.2) is 0 Å². The van der Waals surface area contributed by atoms with E-state index < -0.39 is 18.0 Å². The summed E-state index contributed by atoms with van der Waals surface area (Å²) in [7, 11) is 0.